The number of hydrogen-bond donors (Lipinski definition) is 3. The fraction of sp³-hybridized carbons (Fsp3) is 0.500. The van der Waals surface area contributed by atoms with Crippen LogP contribution >= 0.6 is 0 Å². The minimum atomic E-state index is -0.168. The largest absolute Gasteiger partial charge is 0.399 e. The highest BCUT2D eigenvalue weighted by atomic mass is 16.1. The third-order valence-electron chi connectivity index (χ3n) is 5.79. The first-order valence-electron chi connectivity index (χ1n) is 10.6. The first kappa shape index (κ1) is 19.5. The highest BCUT2D eigenvalue weighted by molar-refractivity contribution is 6.08. The van der Waals surface area contributed by atoms with Gasteiger partial charge in [-0.1, -0.05) is 12.8 Å². The molecular weight excluding hydrogens is 364 g/mol. The number of aryl methyl sites for hydroxylation is 1. The number of carbonyl (C=O) groups is 1. The fourth-order valence-corrected chi connectivity index (χ4v) is 4.35. The number of hydrogen-bond acceptors (Lipinski definition) is 6. The molecule has 7 nitrogen and oxygen atoms in total. The second-order valence-electron chi connectivity index (χ2n) is 8.18. The van der Waals surface area contributed by atoms with Crippen LogP contribution in [0.1, 0.15) is 54.6 Å². The Bertz CT molecular complexity index is 884. The van der Waals surface area contributed by atoms with Crippen LogP contribution in [0.3, 0.4) is 0 Å². The summed E-state index contributed by atoms with van der Waals surface area (Å²) < 4.78 is 0. The summed E-state index contributed by atoms with van der Waals surface area (Å²) >= 11 is 0. The molecule has 154 valence electrons. The van der Waals surface area contributed by atoms with Crippen molar-refractivity contribution in [2.75, 3.05) is 40.9 Å². The molecule has 29 heavy (non-hydrogen) atoms. The number of carbonyl (C=O) groups excluding carboxylic acids is 1. The SMILES string of the molecule is Cc1cc2nc(n1)NCCCCC[C@@H]1CCCN(C1)c1cc(N)ccc1C(=O)N2. The van der Waals surface area contributed by atoms with Crippen LogP contribution in [0, 0.1) is 12.8 Å². The van der Waals surface area contributed by atoms with Crippen LogP contribution in [0.15, 0.2) is 24.3 Å². The number of nitrogens with one attached hydrogen (secondary N) is 2. The molecule has 0 saturated carbocycles. The predicted molar refractivity (Wildman–Crippen MR) is 117 cm³/mol. The molecule has 0 radical (unpaired) electrons. The molecule has 4 bridgehead atoms. The van der Waals surface area contributed by atoms with Crippen LogP contribution in [0.2, 0.25) is 0 Å². The molecule has 1 amide bonds. The first-order chi connectivity index (χ1) is 14.1. The highest BCUT2D eigenvalue weighted by Gasteiger charge is 2.24. The van der Waals surface area contributed by atoms with E-state index in [0.29, 0.717) is 28.9 Å². The van der Waals surface area contributed by atoms with E-state index in [0.717, 1.165) is 43.9 Å². The summed E-state index contributed by atoms with van der Waals surface area (Å²) in [5, 5.41) is 6.25. The van der Waals surface area contributed by atoms with E-state index >= 15 is 0 Å². The van der Waals surface area contributed by atoms with Crippen LogP contribution in [-0.4, -0.2) is 35.5 Å². The predicted octanol–water partition coefficient (Wildman–Crippen LogP) is 3.82. The highest BCUT2D eigenvalue weighted by Crippen LogP contribution is 2.31. The molecule has 0 aliphatic carbocycles. The number of nitrogen functional groups attached to an aromatic ring is 1. The van der Waals surface area contributed by atoms with Gasteiger partial charge in [-0.25, -0.2) is 4.98 Å². The Morgan fingerprint density at radius 2 is 1.97 bits per heavy atom. The van der Waals surface area contributed by atoms with Crippen molar-refractivity contribution >= 4 is 29.0 Å². The number of rotatable bonds is 0. The van der Waals surface area contributed by atoms with E-state index in [2.05, 4.69) is 25.5 Å². The van der Waals surface area contributed by atoms with Crippen LogP contribution < -0.4 is 21.3 Å². The maximum Gasteiger partial charge on any atom is 0.258 e. The van der Waals surface area contributed by atoms with Crippen molar-refractivity contribution in [1.29, 1.82) is 0 Å². The van der Waals surface area contributed by atoms with Crippen LogP contribution in [-0.2, 0) is 0 Å². The van der Waals surface area contributed by atoms with E-state index in [1.54, 1.807) is 12.1 Å². The van der Waals surface area contributed by atoms with Gasteiger partial charge in [-0.2, -0.15) is 4.98 Å². The van der Waals surface area contributed by atoms with E-state index in [9.17, 15) is 4.79 Å². The number of benzene rings is 1. The Morgan fingerprint density at radius 3 is 2.86 bits per heavy atom. The van der Waals surface area contributed by atoms with Crippen molar-refractivity contribution in [3.05, 3.63) is 35.5 Å². The molecule has 1 saturated heterocycles. The van der Waals surface area contributed by atoms with Crippen molar-refractivity contribution in [1.82, 2.24) is 9.97 Å². The third-order valence-corrected chi connectivity index (χ3v) is 5.79. The van der Waals surface area contributed by atoms with Gasteiger partial charge in [0, 0.05) is 37.1 Å². The number of nitrogens with zero attached hydrogens (tertiary/aromatic N) is 3. The van der Waals surface area contributed by atoms with Crippen LogP contribution in [0.4, 0.5) is 23.1 Å². The molecule has 1 aromatic heterocycles. The lowest BCUT2D eigenvalue weighted by atomic mass is 9.91. The summed E-state index contributed by atoms with van der Waals surface area (Å²) in [5.41, 5.74) is 9.13. The van der Waals surface area contributed by atoms with Gasteiger partial charge in [-0.05, 0) is 56.7 Å². The van der Waals surface area contributed by atoms with Gasteiger partial charge in [0.15, 0.2) is 0 Å². The summed E-state index contributed by atoms with van der Waals surface area (Å²) in [4.78, 5) is 24.4. The minimum Gasteiger partial charge on any atom is -0.399 e. The van der Waals surface area contributed by atoms with Crippen LogP contribution in [0.5, 0.6) is 0 Å². The molecule has 7 heteroatoms. The standard InChI is InChI=1S/C22H30N6O/c1-15-12-20-26-21(29)18-9-8-17(23)13-19(18)28-11-5-7-16(14-28)6-3-2-4-10-24-22(25-15)27-20/h8-9,12-13,16H,2-7,10-11,14,23H2,1H3,(H2,24,25,26,27,29)/t16-/m1/s1. The zero-order chi connectivity index (χ0) is 20.2. The van der Waals surface area contributed by atoms with Gasteiger partial charge in [0.2, 0.25) is 5.95 Å². The molecule has 1 aromatic carbocycles. The van der Waals surface area contributed by atoms with E-state index in [1.165, 1.54) is 25.7 Å². The molecule has 4 N–H and O–H groups in total. The minimum absolute atomic E-state index is 0.168. The molecule has 4 rings (SSSR count). The lowest BCUT2D eigenvalue weighted by Gasteiger charge is -2.35. The molecule has 2 aliphatic heterocycles. The first-order valence-corrected chi connectivity index (χ1v) is 10.6. The molecule has 0 spiro atoms. The van der Waals surface area contributed by atoms with Crippen LogP contribution in [0.25, 0.3) is 0 Å². The van der Waals surface area contributed by atoms with Gasteiger partial charge in [-0.3, -0.25) is 4.79 Å². The lowest BCUT2D eigenvalue weighted by Crippen LogP contribution is -2.36. The topological polar surface area (TPSA) is 96.2 Å². The normalized spacial score (nSPS) is 20.4. The van der Waals surface area contributed by atoms with E-state index in [4.69, 9.17) is 5.73 Å². The second-order valence-corrected chi connectivity index (χ2v) is 8.18. The van der Waals surface area contributed by atoms with Crippen molar-refractivity contribution in [2.24, 2.45) is 5.92 Å². The maximum absolute atomic E-state index is 13.1. The Balaban J connectivity index is 1.68. The van der Waals surface area contributed by atoms with Gasteiger partial charge in [0.1, 0.15) is 5.82 Å². The quantitative estimate of drug-likeness (QED) is 0.588. The number of nitrogens with two attached hydrogens (primary N) is 1. The van der Waals surface area contributed by atoms with E-state index in [1.807, 2.05) is 19.1 Å². The van der Waals surface area contributed by atoms with Crippen molar-refractivity contribution in [3.8, 4) is 0 Å². The molecular formula is C22H30N6O. The molecule has 3 heterocycles. The Kier molecular flexibility index (Phi) is 5.83. The third kappa shape index (κ3) is 4.78. The Hall–Kier alpha value is -2.83. The van der Waals surface area contributed by atoms with Gasteiger partial charge >= 0.3 is 0 Å². The zero-order valence-corrected chi connectivity index (χ0v) is 17.1. The average molecular weight is 395 g/mol. The summed E-state index contributed by atoms with van der Waals surface area (Å²) in [7, 11) is 0. The smallest absolute Gasteiger partial charge is 0.258 e. The van der Waals surface area contributed by atoms with Gasteiger partial charge in [-0.15, -0.1) is 0 Å². The number of anilines is 4. The van der Waals surface area contributed by atoms with Gasteiger partial charge < -0.3 is 21.3 Å². The van der Waals surface area contributed by atoms with E-state index < -0.39 is 0 Å². The summed E-state index contributed by atoms with van der Waals surface area (Å²) in [6.45, 7) is 4.69. The summed E-state index contributed by atoms with van der Waals surface area (Å²) in [5.74, 6) is 1.57. The molecule has 0 unspecified atom stereocenters. The lowest BCUT2D eigenvalue weighted by molar-refractivity contribution is 0.102. The molecule has 2 aromatic rings. The maximum atomic E-state index is 13.1. The second kappa shape index (κ2) is 8.68. The van der Waals surface area contributed by atoms with Crippen molar-refractivity contribution in [3.63, 3.8) is 0 Å². The Morgan fingerprint density at radius 1 is 1.10 bits per heavy atom. The van der Waals surface area contributed by atoms with Gasteiger partial charge in [0.05, 0.1) is 11.3 Å². The summed E-state index contributed by atoms with van der Waals surface area (Å²) in [6.07, 6.45) is 7.15. The molecule has 2 aliphatic rings. The number of fused-ring (bicyclic) bond motifs is 6. The average Bonchev–Trinajstić information content (AvgIpc) is 2.69. The number of piperidine rings is 1. The Labute approximate surface area is 172 Å². The zero-order valence-electron chi connectivity index (χ0n) is 17.1. The van der Waals surface area contributed by atoms with Gasteiger partial charge in [0.25, 0.3) is 5.91 Å². The monoisotopic (exact) mass is 394 g/mol. The number of aromatic nitrogens is 2. The van der Waals surface area contributed by atoms with Crippen molar-refractivity contribution in [2.45, 2.75) is 45.4 Å². The summed E-state index contributed by atoms with van der Waals surface area (Å²) in [6, 6.07) is 7.33. The molecule has 1 fully saturated rings. The molecule has 1 atom stereocenters. The number of amides is 1. The van der Waals surface area contributed by atoms with E-state index in [-0.39, 0.29) is 5.91 Å². The van der Waals surface area contributed by atoms with Crippen molar-refractivity contribution < 1.29 is 4.79 Å². The fourth-order valence-electron chi connectivity index (χ4n) is 4.35.